The highest BCUT2D eigenvalue weighted by Gasteiger charge is 2.26. The first-order chi connectivity index (χ1) is 16.9. The van der Waals surface area contributed by atoms with Crippen LogP contribution in [0.25, 0.3) is 11.1 Å². The average Bonchev–Trinajstić information content (AvgIpc) is 3.50. The molecule has 0 spiro atoms. The number of carbonyl (C=O) groups excluding carboxylic acids is 2. The van der Waals surface area contributed by atoms with Crippen molar-refractivity contribution in [3.05, 3.63) is 65.5 Å². The van der Waals surface area contributed by atoms with E-state index >= 15 is 0 Å². The van der Waals surface area contributed by atoms with E-state index in [-0.39, 0.29) is 31.3 Å². The second kappa shape index (κ2) is 10.8. The summed E-state index contributed by atoms with van der Waals surface area (Å²) < 4.78 is 10.5. The van der Waals surface area contributed by atoms with Crippen molar-refractivity contribution >= 4 is 34.5 Å². The smallest absolute Gasteiger partial charge is 0.324 e. The van der Waals surface area contributed by atoms with Gasteiger partial charge >= 0.3 is 5.97 Å². The standard InChI is InChI=1S/C24H26N6O5/c1-33-24(32)19(27-13-22-29-17-4-2-3-5-20(17)34-22)12-28-21(31)11-16-10-18(30-35-16)14-6-8-15(9-7-14)23(25)26/h2-9,16,19,27H,10-13H2,1H3,(H3,25,26)(H,28,31)/t16?,19-/m0/s1. The second-order valence-electron chi connectivity index (χ2n) is 8.00. The summed E-state index contributed by atoms with van der Waals surface area (Å²) >= 11 is 0. The van der Waals surface area contributed by atoms with Gasteiger partial charge in [0.05, 0.1) is 25.8 Å². The van der Waals surface area contributed by atoms with E-state index in [1.807, 2.05) is 36.4 Å². The molecular formula is C24H26N6O5. The summed E-state index contributed by atoms with van der Waals surface area (Å²) in [5, 5.41) is 17.3. The third-order valence-electron chi connectivity index (χ3n) is 5.50. The minimum atomic E-state index is -0.782. The Hall–Kier alpha value is -4.25. The lowest BCUT2D eigenvalue weighted by molar-refractivity contribution is -0.143. The number of nitrogens with one attached hydrogen (secondary N) is 3. The quantitative estimate of drug-likeness (QED) is 0.193. The normalized spacial score (nSPS) is 15.8. The third-order valence-corrected chi connectivity index (χ3v) is 5.50. The summed E-state index contributed by atoms with van der Waals surface area (Å²) in [4.78, 5) is 34.4. The maximum atomic E-state index is 12.5. The van der Waals surface area contributed by atoms with Crippen LogP contribution >= 0.6 is 0 Å². The number of nitrogen functional groups attached to an aromatic ring is 1. The van der Waals surface area contributed by atoms with Crippen molar-refractivity contribution in [1.82, 2.24) is 15.6 Å². The van der Waals surface area contributed by atoms with E-state index in [2.05, 4.69) is 20.8 Å². The van der Waals surface area contributed by atoms with Gasteiger partial charge in [-0.05, 0) is 17.7 Å². The predicted octanol–water partition coefficient (Wildman–Crippen LogP) is 1.44. The molecule has 5 N–H and O–H groups in total. The van der Waals surface area contributed by atoms with Crippen LogP contribution in [-0.2, 0) is 25.7 Å². The SMILES string of the molecule is COC(=O)[C@H](CNC(=O)CC1CC(c2ccc(C(=N)N)cc2)=NO1)NCc1nc2ccccc2o1. The molecule has 3 aromatic rings. The lowest BCUT2D eigenvalue weighted by Crippen LogP contribution is -2.46. The molecule has 0 saturated carbocycles. The number of benzene rings is 2. The number of carbonyl (C=O) groups is 2. The molecule has 2 aromatic carbocycles. The molecule has 35 heavy (non-hydrogen) atoms. The van der Waals surface area contributed by atoms with Gasteiger partial charge in [0.2, 0.25) is 11.8 Å². The Bertz CT molecular complexity index is 1220. The summed E-state index contributed by atoms with van der Waals surface area (Å²) in [6.07, 6.45) is 0.127. The molecule has 1 amide bonds. The van der Waals surface area contributed by atoms with Crippen LogP contribution in [0.3, 0.4) is 0 Å². The fraction of sp³-hybridized carbons (Fsp3) is 0.292. The van der Waals surface area contributed by atoms with Gasteiger partial charge < -0.3 is 25.0 Å². The topological polar surface area (TPSA) is 165 Å². The minimum Gasteiger partial charge on any atom is -0.468 e. The van der Waals surface area contributed by atoms with E-state index in [0.29, 0.717) is 29.2 Å². The van der Waals surface area contributed by atoms with E-state index in [0.717, 1.165) is 11.1 Å². The largest absolute Gasteiger partial charge is 0.468 e. The number of ether oxygens (including phenoxy) is 1. The van der Waals surface area contributed by atoms with Gasteiger partial charge in [0, 0.05) is 18.5 Å². The van der Waals surface area contributed by atoms with E-state index in [1.54, 1.807) is 12.1 Å². The molecule has 2 atom stereocenters. The number of para-hydroxylation sites is 2. The molecule has 182 valence electrons. The van der Waals surface area contributed by atoms with Crippen molar-refractivity contribution in [2.24, 2.45) is 10.9 Å². The number of hydrogen-bond acceptors (Lipinski definition) is 9. The molecule has 4 rings (SSSR count). The Kier molecular flexibility index (Phi) is 7.36. The van der Waals surface area contributed by atoms with Gasteiger partial charge in [-0.3, -0.25) is 20.3 Å². The van der Waals surface area contributed by atoms with Gasteiger partial charge in [-0.25, -0.2) is 4.98 Å². The number of amides is 1. The van der Waals surface area contributed by atoms with Crippen molar-refractivity contribution in [3.63, 3.8) is 0 Å². The van der Waals surface area contributed by atoms with Crippen LogP contribution in [-0.4, -0.2) is 54.2 Å². The number of amidine groups is 1. The number of oxime groups is 1. The number of fused-ring (bicyclic) bond motifs is 1. The molecule has 1 aromatic heterocycles. The van der Waals surface area contributed by atoms with E-state index < -0.39 is 18.1 Å². The van der Waals surface area contributed by atoms with E-state index in [4.69, 9.17) is 25.1 Å². The first-order valence-electron chi connectivity index (χ1n) is 11.0. The maximum absolute atomic E-state index is 12.5. The fourth-order valence-electron chi connectivity index (χ4n) is 3.63. The molecule has 11 nitrogen and oxygen atoms in total. The highest BCUT2D eigenvalue weighted by atomic mass is 16.6. The number of esters is 1. The summed E-state index contributed by atoms with van der Waals surface area (Å²) in [6, 6.07) is 13.7. The Morgan fingerprint density at radius 2 is 2.00 bits per heavy atom. The highest BCUT2D eigenvalue weighted by Crippen LogP contribution is 2.19. The molecule has 1 aliphatic heterocycles. The van der Waals surface area contributed by atoms with Crippen molar-refractivity contribution in [2.45, 2.75) is 31.5 Å². The second-order valence-corrected chi connectivity index (χ2v) is 8.00. The molecule has 1 unspecified atom stereocenters. The molecule has 0 fully saturated rings. The Balaban J connectivity index is 1.25. The number of aromatic nitrogens is 1. The average molecular weight is 479 g/mol. The predicted molar refractivity (Wildman–Crippen MR) is 128 cm³/mol. The monoisotopic (exact) mass is 478 g/mol. The van der Waals surface area contributed by atoms with Crippen LogP contribution in [0.2, 0.25) is 0 Å². The summed E-state index contributed by atoms with van der Waals surface area (Å²) in [6.45, 7) is 0.217. The lowest BCUT2D eigenvalue weighted by Gasteiger charge is -2.17. The molecule has 2 heterocycles. The van der Waals surface area contributed by atoms with Crippen LogP contribution in [0.4, 0.5) is 0 Å². The summed E-state index contributed by atoms with van der Waals surface area (Å²) in [7, 11) is 1.28. The molecule has 0 bridgehead atoms. The van der Waals surface area contributed by atoms with Crippen molar-refractivity contribution < 1.29 is 23.6 Å². The number of methoxy groups -OCH3 is 1. The van der Waals surface area contributed by atoms with Crippen LogP contribution in [0.1, 0.15) is 29.9 Å². The van der Waals surface area contributed by atoms with Crippen LogP contribution < -0.4 is 16.4 Å². The van der Waals surface area contributed by atoms with Gasteiger partial charge in [0.1, 0.15) is 23.5 Å². The summed E-state index contributed by atoms with van der Waals surface area (Å²) in [5.74, 6) is -0.384. The number of rotatable bonds is 10. The minimum absolute atomic E-state index is 0.00990. The van der Waals surface area contributed by atoms with Crippen molar-refractivity contribution in [2.75, 3.05) is 13.7 Å². The fourth-order valence-corrected chi connectivity index (χ4v) is 3.63. The number of nitrogens with zero attached hydrogens (tertiary/aromatic N) is 2. The first-order valence-corrected chi connectivity index (χ1v) is 11.0. The van der Waals surface area contributed by atoms with Crippen LogP contribution in [0.15, 0.2) is 58.1 Å². The Morgan fingerprint density at radius 3 is 2.71 bits per heavy atom. The zero-order valence-electron chi connectivity index (χ0n) is 19.1. The van der Waals surface area contributed by atoms with Crippen LogP contribution in [0, 0.1) is 5.41 Å². The molecule has 1 aliphatic rings. The third kappa shape index (κ3) is 6.01. The Morgan fingerprint density at radius 1 is 1.23 bits per heavy atom. The van der Waals surface area contributed by atoms with Gasteiger partial charge in [-0.1, -0.05) is 41.6 Å². The Labute approximate surface area is 201 Å². The summed E-state index contributed by atoms with van der Waals surface area (Å²) in [5.41, 5.74) is 9.03. The van der Waals surface area contributed by atoms with Gasteiger partial charge in [0.15, 0.2) is 5.58 Å². The zero-order valence-corrected chi connectivity index (χ0v) is 19.1. The zero-order chi connectivity index (χ0) is 24.8. The van der Waals surface area contributed by atoms with Gasteiger partial charge in [-0.2, -0.15) is 0 Å². The molecule has 0 radical (unpaired) electrons. The van der Waals surface area contributed by atoms with Gasteiger partial charge in [0.25, 0.3) is 0 Å². The lowest BCUT2D eigenvalue weighted by atomic mass is 10.0. The van der Waals surface area contributed by atoms with Crippen LogP contribution in [0.5, 0.6) is 0 Å². The number of nitrogens with two attached hydrogens (primary N) is 1. The van der Waals surface area contributed by atoms with Crippen molar-refractivity contribution in [1.29, 1.82) is 5.41 Å². The first kappa shape index (κ1) is 23.9. The van der Waals surface area contributed by atoms with Gasteiger partial charge in [-0.15, -0.1) is 0 Å². The maximum Gasteiger partial charge on any atom is 0.324 e. The number of oxazole rings is 1. The molecule has 0 aliphatic carbocycles. The van der Waals surface area contributed by atoms with E-state index in [9.17, 15) is 9.59 Å². The van der Waals surface area contributed by atoms with Crippen molar-refractivity contribution in [3.8, 4) is 0 Å². The molecular weight excluding hydrogens is 452 g/mol. The highest BCUT2D eigenvalue weighted by molar-refractivity contribution is 6.02. The van der Waals surface area contributed by atoms with E-state index in [1.165, 1.54) is 7.11 Å². The number of hydrogen-bond donors (Lipinski definition) is 4. The molecule has 11 heteroatoms. The molecule has 0 saturated heterocycles.